The number of rotatable bonds is 1. The minimum absolute atomic E-state index is 1.22. The normalized spacial score (nSPS) is 15.3. The van der Waals surface area contributed by atoms with Crippen LogP contribution < -0.4 is 0 Å². The van der Waals surface area contributed by atoms with Gasteiger partial charge in [-0.3, -0.25) is 4.68 Å². The number of halogens is 1. The van der Waals surface area contributed by atoms with Gasteiger partial charge in [-0.05, 0) is 85.3 Å². The number of hydrogen-bond donors (Lipinski definition) is 0. The third kappa shape index (κ3) is 4.19. The summed E-state index contributed by atoms with van der Waals surface area (Å²) < 4.78 is 3.17. The molecule has 0 saturated carbocycles. The molecule has 27 heavy (non-hydrogen) atoms. The van der Waals surface area contributed by atoms with E-state index in [4.69, 9.17) is 0 Å². The van der Waals surface area contributed by atoms with Gasteiger partial charge in [-0.15, -0.1) is 0 Å². The van der Waals surface area contributed by atoms with Crippen molar-refractivity contribution in [3.8, 4) is 11.1 Å². The molecule has 0 bridgehead atoms. The molecule has 2 aliphatic carbocycles. The molecule has 0 unspecified atom stereocenters. The first-order chi connectivity index (χ1) is 13.2. The average molecular weight is 423 g/mol. The van der Waals surface area contributed by atoms with E-state index in [1.54, 1.807) is 16.7 Å². The van der Waals surface area contributed by atoms with Crippen LogP contribution in [0.2, 0.25) is 0 Å². The minimum Gasteiger partial charge on any atom is -0.275 e. The van der Waals surface area contributed by atoms with Crippen molar-refractivity contribution >= 4 is 15.9 Å². The Kier molecular flexibility index (Phi) is 5.77. The zero-order valence-electron chi connectivity index (χ0n) is 16.0. The van der Waals surface area contributed by atoms with E-state index in [0.29, 0.717) is 0 Å². The Morgan fingerprint density at radius 2 is 1.44 bits per heavy atom. The van der Waals surface area contributed by atoms with Gasteiger partial charge in [-0.2, -0.15) is 5.10 Å². The topological polar surface area (TPSA) is 17.8 Å². The lowest BCUT2D eigenvalue weighted by Gasteiger charge is -2.18. The first-order valence-electron chi connectivity index (χ1n) is 10.1. The zero-order valence-corrected chi connectivity index (χ0v) is 17.6. The smallest absolute Gasteiger partial charge is 0.0568 e. The second-order valence-corrected chi connectivity index (χ2v) is 8.49. The van der Waals surface area contributed by atoms with E-state index in [1.807, 2.05) is 17.9 Å². The van der Waals surface area contributed by atoms with Crippen LogP contribution in [0.4, 0.5) is 0 Å². The maximum Gasteiger partial charge on any atom is 0.0568 e. The highest BCUT2D eigenvalue weighted by Gasteiger charge is 2.14. The molecule has 0 amide bonds. The summed E-state index contributed by atoms with van der Waals surface area (Å²) in [5.41, 5.74) is 8.80. The Morgan fingerprint density at radius 3 is 2.11 bits per heavy atom. The summed E-state index contributed by atoms with van der Waals surface area (Å²) in [7, 11) is 1.97. The molecule has 0 radical (unpaired) electrons. The highest BCUT2D eigenvalue weighted by Crippen LogP contribution is 2.31. The molecular weight excluding hydrogens is 396 g/mol. The molecule has 0 saturated heterocycles. The monoisotopic (exact) mass is 422 g/mol. The Balaban J connectivity index is 0.000000143. The summed E-state index contributed by atoms with van der Waals surface area (Å²) in [5, 5.41) is 4.26. The van der Waals surface area contributed by atoms with E-state index in [-0.39, 0.29) is 0 Å². The van der Waals surface area contributed by atoms with Crippen LogP contribution in [0.25, 0.3) is 11.1 Å². The molecule has 0 spiro atoms. The van der Waals surface area contributed by atoms with Gasteiger partial charge in [0.05, 0.1) is 6.20 Å². The van der Waals surface area contributed by atoms with Crippen molar-refractivity contribution in [3.63, 3.8) is 0 Å². The van der Waals surface area contributed by atoms with Crippen molar-refractivity contribution in [2.24, 2.45) is 7.05 Å². The van der Waals surface area contributed by atoms with E-state index in [0.717, 1.165) is 0 Å². The highest BCUT2D eigenvalue weighted by molar-refractivity contribution is 9.10. The van der Waals surface area contributed by atoms with Crippen LogP contribution >= 0.6 is 15.9 Å². The standard InChI is InChI=1S/C14H16N2.C10H11Br/c1-16-10-12(9-15-16)14-8-4-6-11-5-2-3-7-13(11)14;11-10-7-3-5-8-4-1-2-6-9(8)10/h4,6,8-10H,2-3,5,7H2,1H3;3,5,7H,1-2,4,6H2. The summed E-state index contributed by atoms with van der Waals surface area (Å²) in [6, 6.07) is 13.2. The van der Waals surface area contributed by atoms with E-state index in [9.17, 15) is 0 Å². The Labute approximate surface area is 170 Å². The lowest BCUT2D eigenvalue weighted by atomic mass is 9.87. The lowest BCUT2D eigenvalue weighted by molar-refractivity contribution is 0.683. The maximum atomic E-state index is 4.26. The van der Waals surface area contributed by atoms with E-state index < -0.39 is 0 Å². The molecule has 0 aliphatic heterocycles. The molecule has 2 aliphatic rings. The fraction of sp³-hybridized carbons (Fsp3) is 0.375. The third-order valence-corrected chi connectivity index (χ3v) is 6.49. The second-order valence-electron chi connectivity index (χ2n) is 7.64. The van der Waals surface area contributed by atoms with Crippen molar-refractivity contribution in [2.75, 3.05) is 0 Å². The summed E-state index contributed by atoms with van der Waals surface area (Å²) in [4.78, 5) is 0. The maximum absolute atomic E-state index is 4.26. The number of hydrogen-bond acceptors (Lipinski definition) is 1. The first kappa shape index (κ1) is 18.5. The van der Waals surface area contributed by atoms with Crippen molar-refractivity contribution in [1.82, 2.24) is 9.78 Å². The molecule has 3 heteroatoms. The predicted molar refractivity (Wildman–Crippen MR) is 116 cm³/mol. The van der Waals surface area contributed by atoms with Crippen LogP contribution in [0, 0.1) is 0 Å². The molecule has 1 heterocycles. The van der Waals surface area contributed by atoms with Gasteiger partial charge in [-0.25, -0.2) is 0 Å². The fourth-order valence-electron chi connectivity index (χ4n) is 4.35. The van der Waals surface area contributed by atoms with Crippen LogP contribution in [0.1, 0.15) is 47.9 Å². The molecule has 5 rings (SSSR count). The van der Waals surface area contributed by atoms with Gasteiger partial charge in [0.15, 0.2) is 0 Å². The number of aromatic nitrogens is 2. The quantitative estimate of drug-likeness (QED) is 0.450. The number of aryl methyl sites for hydroxylation is 3. The first-order valence-corrected chi connectivity index (χ1v) is 10.9. The molecular formula is C24H27BrN2. The van der Waals surface area contributed by atoms with Crippen molar-refractivity contribution < 1.29 is 0 Å². The van der Waals surface area contributed by atoms with E-state index >= 15 is 0 Å². The average Bonchev–Trinajstić information content (AvgIpc) is 3.15. The van der Waals surface area contributed by atoms with Gasteiger partial charge in [0.25, 0.3) is 0 Å². The molecule has 0 N–H and O–H groups in total. The molecule has 140 valence electrons. The molecule has 3 aromatic rings. The number of nitrogens with zero attached hydrogens (tertiary/aromatic N) is 2. The second kappa shape index (κ2) is 8.43. The fourth-order valence-corrected chi connectivity index (χ4v) is 4.95. The van der Waals surface area contributed by atoms with Gasteiger partial charge in [0.1, 0.15) is 0 Å². The van der Waals surface area contributed by atoms with Gasteiger partial charge in [0, 0.05) is 23.3 Å². The van der Waals surface area contributed by atoms with Gasteiger partial charge in [0.2, 0.25) is 0 Å². The number of benzene rings is 2. The van der Waals surface area contributed by atoms with Crippen LogP contribution in [-0.2, 0) is 32.7 Å². The van der Waals surface area contributed by atoms with Gasteiger partial charge >= 0.3 is 0 Å². The van der Waals surface area contributed by atoms with E-state index in [1.165, 1.54) is 72.5 Å². The van der Waals surface area contributed by atoms with Crippen molar-refractivity contribution in [1.29, 1.82) is 0 Å². The summed E-state index contributed by atoms with van der Waals surface area (Å²) in [6.45, 7) is 0. The summed E-state index contributed by atoms with van der Waals surface area (Å²) in [5.74, 6) is 0. The van der Waals surface area contributed by atoms with Crippen LogP contribution in [0.15, 0.2) is 53.3 Å². The largest absolute Gasteiger partial charge is 0.275 e. The SMILES string of the molecule is Brc1cccc2c1CCCC2.Cn1cc(-c2cccc3c2CCCC3)cn1. The molecule has 1 aromatic heterocycles. The molecule has 2 aromatic carbocycles. The molecule has 0 atom stereocenters. The number of fused-ring (bicyclic) bond motifs is 2. The van der Waals surface area contributed by atoms with Crippen LogP contribution in [0.5, 0.6) is 0 Å². The third-order valence-electron chi connectivity index (χ3n) is 5.75. The molecule has 0 fully saturated rings. The Hall–Kier alpha value is -1.87. The van der Waals surface area contributed by atoms with Crippen LogP contribution in [0.3, 0.4) is 0 Å². The minimum atomic E-state index is 1.22. The predicted octanol–water partition coefficient (Wildman–Crippen LogP) is 6.29. The van der Waals surface area contributed by atoms with Crippen LogP contribution in [-0.4, -0.2) is 9.78 Å². The molecule has 2 nitrogen and oxygen atoms in total. The van der Waals surface area contributed by atoms with Crippen molar-refractivity contribution in [2.45, 2.75) is 51.4 Å². The zero-order chi connectivity index (χ0) is 18.6. The Morgan fingerprint density at radius 1 is 0.815 bits per heavy atom. The summed E-state index contributed by atoms with van der Waals surface area (Å²) in [6.07, 6.45) is 14.4. The van der Waals surface area contributed by atoms with E-state index in [2.05, 4.69) is 63.6 Å². The van der Waals surface area contributed by atoms with Gasteiger partial charge in [-0.1, -0.05) is 46.3 Å². The highest BCUT2D eigenvalue weighted by atomic mass is 79.9. The summed E-state index contributed by atoms with van der Waals surface area (Å²) >= 11 is 3.58. The lowest BCUT2D eigenvalue weighted by Crippen LogP contribution is -2.03. The van der Waals surface area contributed by atoms with Gasteiger partial charge < -0.3 is 0 Å². The Bertz CT molecular complexity index is 926. The van der Waals surface area contributed by atoms with Crippen molar-refractivity contribution in [3.05, 3.63) is 75.5 Å².